The molecule has 7 heteroatoms. The first-order chi connectivity index (χ1) is 4.50. The predicted molar refractivity (Wildman–Crippen MR) is 35.6 cm³/mol. The van der Waals surface area contributed by atoms with Gasteiger partial charge in [0.2, 0.25) is 0 Å². The van der Waals surface area contributed by atoms with Crippen molar-refractivity contribution in [1.82, 2.24) is 4.98 Å². The molecular weight excluding hydrogens is 201 g/mol. The third-order valence-corrected chi connectivity index (χ3v) is 1.76. The monoisotopic (exact) mass is 205 g/mol. The molecule has 0 aliphatic carbocycles. The molecule has 0 atom stereocenters. The predicted octanol–water partition coefficient (Wildman–Crippen LogP) is -1.49. The third kappa shape index (κ3) is 3.56. The van der Waals surface area contributed by atoms with Crippen LogP contribution in [0, 0.1) is 6.92 Å². The summed E-state index contributed by atoms with van der Waals surface area (Å²) < 4.78 is 35.4. The summed E-state index contributed by atoms with van der Waals surface area (Å²) in [5, 5.41) is 1.49. The Hall–Kier alpha value is 1.12. The van der Waals surface area contributed by atoms with Gasteiger partial charge in [0.15, 0.2) is 0 Å². The van der Waals surface area contributed by atoms with E-state index in [0.717, 1.165) is 16.7 Å². The third-order valence-electron chi connectivity index (χ3n) is 0.972. The standard InChI is InChI=1S/C4H4BF3NS.K/c1-3-9-4(2-10-3)5(6,7)8;/h2H,1H3;/q-1;+1. The van der Waals surface area contributed by atoms with Crippen molar-refractivity contribution >= 4 is 23.9 Å². The number of aromatic nitrogens is 1. The first kappa shape index (κ1) is 12.1. The summed E-state index contributed by atoms with van der Waals surface area (Å²) in [7, 11) is 0. The first-order valence-electron chi connectivity index (χ1n) is 2.62. The number of hydrogen-bond acceptors (Lipinski definition) is 2. The number of hydrogen-bond donors (Lipinski definition) is 0. The summed E-state index contributed by atoms with van der Waals surface area (Å²) in [6.45, 7) is -3.33. The van der Waals surface area contributed by atoms with Crippen LogP contribution in [0.4, 0.5) is 12.9 Å². The quantitative estimate of drug-likeness (QED) is 0.509. The van der Waals surface area contributed by atoms with E-state index in [1.165, 1.54) is 0 Å². The summed E-state index contributed by atoms with van der Waals surface area (Å²) in [6, 6.07) is 0. The summed E-state index contributed by atoms with van der Waals surface area (Å²) in [6.07, 6.45) is 0. The van der Waals surface area contributed by atoms with Crippen molar-refractivity contribution in [3.63, 3.8) is 0 Å². The van der Waals surface area contributed by atoms with Crippen molar-refractivity contribution in [2.75, 3.05) is 0 Å². The van der Waals surface area contributed by atoms with Gasteiger partial charge >= 0.3 is 58.4 Å². The van der Waals surface area contributed by atoms with Crippen LogP contribution in [0.1, 0.15) is 5.01 Å². The molecule has 0 bridgehead atoms. The minimum Gasteiger partial charge on any atom is -0.444 e. The van der Waals surface area contributed by atoms with Crippen molar-refractivity contribution < 1.29 is 64.3 Å². The second-order valence-corrected chi connectivity index (χ2v) is 2.93. The van der Waals surface area contributed by atoms with Crippen LogP contribution in [0.3, 0.4) is 0 Å². The fraction of sp³-hybridized carbons (Fsp3) is 0.250. The van der Waals surface area contributed by atoms with Crippen LogP contribution in [0.15, 0.2) is 5.38 Å². The molecule has 1 nitrogen and oxygen atoms in total. The Morgan fingerprint density at radius 3 is 2.18 bits per heavy atom. The SMILES string of the molecule is Cc1nc([B-](F)(F)F)cs1.[K+]. The molecule has 0 aliphatic rings. The first-order valence-corrected chi connectivity index (χ1v) is 3.50. The molecule has 1 rings (SSSR count). The van der Waals surface area contributed by atoms with Gasteiger partial charge in [0, 0.05) is 0 Å². The summed E-state index contributed by atoms with van der Waals surface area (Å²) in [4.78, 5) is 3.30. The average molecular weight is 205 g/mol. The van der Waals surface area contributed by atoms with Crippen LogP contribution in [0.5, 0.6) is 0 Å². The number of thiazole rings is 1. The van der Waals surface area contributed by atoms with Gasteiger partial charge in [-0.05, 0) is 17.9 Å². The summed E-state index contributed by atoms with van der Waals surface area (Å²) in [5.74, 6) is 0. The topological polar surface area (TPSA) is 12.9 Å². The molecule has 0 unspecified atom stereocenters. The van der Waals surface area contributed by atoms with Crippen LogP contribution >= 0.6 is 11.3 Å². The van der Waals surface area contributed by atoms with E-state index >= 15 is 0 Å². The average Bonchev–Trinajstić information content (AvgIpc) is 2.11. The second-order valence-electron chi connectivity index (χ2n) is 1.87. The van der Waals surface area contributed by atoms with Crippen molar-refractivity contribution in [2.45, 2.75) is 6.92 Å². The number of halogens is 3. The Balaban J connectivity index is 0.000001000. The van der Waals surface area contributed by atoms with E-state index < -0.39 is 12.6 Å². The van der Waals surface area contributed by atoms with Gasteiger partial charge in [0.1, 0.15) is 0 Å². The van der Waals surface area contributed by atoms with Gasteiger partial charge in [-0.3, -0.25) is 4.98 Å². The zero-order valence-electron chi connectivity index (χ0n) is 6.14. The normalized spacial score (nSPS) is 10.9. The van der Waals surface area contributed by atoms with Crippen molar-refractivity contribution in [1.29, 1.82) is 0 Å². The zero-order valence-corrected chi connectivity index (χ0v) is 10.1. The zero-order chi connectivity index (χ0) is 7.78. The number of aryl methyl sites for hydroxylation is 1. The molecule has 1 aromatic rings. The Bertz CT molecular complexity index is 235. The van der Waals surface area contributed by atoms with E-state index in [1.54, 1.807) is 6.92 Å². The Labute approximate surface area is 109 Å². The van der Waals surface area contributed by atoms with Crippen molar-refractivity contribution in [3.8, 4) is 0 Å². The van der Waals surface area contributed by atoms with Gasteiger partial charge in [0.05, 0.1) is 5.01 Å². The second kappa shape index (κ2) is 4.38. The molecule has 0 saturated heterocycles. The van der Waals surface area contributed by atoms with Gasteiger partial charge in [0.25, 0.3) is 0 Å². The van der Waals surface area contributed by atoms with Crippen LogP contribution in [-0.4, -0.2) is 12.0 Å². The van der Waals surface area contributed by atoms with Gasteiger partial charge < -0.3 is 12.9 Å². The molecule has 0 N–H and O–H groups in total. The maximum absolute atomic E-state index is 11.8. The number of rotatable bonds is 1. The molecular formula is C4H4BF3KNS. The molecule has 0 amide bonds. The fourth-order valence-corrected chi connectivity index (χ4v) is 1.19. The van der Waals surface area contributed by atoms with Gasteiger partial charge in [-0.15, -0.1) is 11.3 Å². The van der Waals surface area contributed by atoms with Crippen LogP contribution in [0.25, 0.3) is 0 Å². The van der Waals surface area contributed by atoms with Crippen molar-refractivity contribution in [3.05, 3.63) is 10.4 Å². The van der Waals surface area contributed by atoms with E-state index in [1.807, 2.05) is 0 Å². The molecule has 0 aromatic carbocycles. The van der Waals surface area contributed by atoms with Crippen molar-refractivity contribution in [2.24, 2.45) is 0 Å². The molecule has 0 aliphatic heterocycles. The molecule has 0 radical (unpaired) electrons. The van der Waals surface area contributed by atoms with E-state index in [-0.39, 0.29) is 51.4 Å². The summed E-state index contributed by atoms with van der Waals surface area (Å²) >= 11 is 1.02. The molecule has 0 fully saturated rings. The van der Waals surface area contributed by atoms with E-state index in [9.17, 15) is 12.9 Å². The molecule has 1 heterocycles. The largest absolute Gasteiger partial charge is 1.00 e. The minimum absolute atomic E-state index is 0. The van der Waals surface area contributed by atoms with Crippen LogP contribution in [-0.2, 0) is 0 Å². The Morgan fingerprint density at radius 2 is 2.00 bits per heavy atom. The maximum atomic E-state index is 11.8. The molecule has 0 saturated carbocycles. The smallest absolute Gasteiger partial charge is 0.444 e. The fourth-order valence-electron chi connectivity index (χ4n) is 0.531. The van der Waals surface area contributed by atoms with E-state index in [0.29, 0.717) is 5.01 Å². The van der Waals surface area contributed by atoms with Crippen LogP contribution < -0.4 is 57.0 Å². The van der Waals surface area contributed by atoms with Gasteiger partial charge in [-0.2, -0.15) is 0 Å². The van der Waals surface area contributed by atoms with Gasteiger partial charge in [-0.25, -0.2) is 0 Å². The molecule has 11 heavy (non-hydrogen) atoms. The molecule has 1 aromatic heterocycles. The molecule has 56 valence electrons. The summed E-state index contributed by atoms with van der Waals surface area (Å²) in [5.41, 5.74) is -0.734. The van der Waals surface area contributed by atoms with E-state index in [4.69, 9.17) is 0 Å². The Morgan fingerprint density at radius 1 is 1.45 bits per heavy atom. The Kier molecular flexibility index (Phi) is 4.83. The maximum Gasteiger partial charge on any atom is 1.00 e. The molecule has 0 spiro atoms. The van der Waals surface area contributed by atoms with E-state index in [2.05, 4.69) is 4.98 Å². The number of nitrogens with zero attached hydrogens (tertiary/aromatic N) is 1. The van der Waals surface area contributed by atoms with Gasteiger partial charge in [-0.1, -0.05) is 0 Å². The minimum atomic E-state index is -4.88. The van der Waals surface area contributed by atoms with Crippen LogP contribution in [0.2, 0.25) is 0 Å².